The van der Waals surface area contributed by atoms with E-state index in [-0.39, 0.29) is 25.7 Å². The highest BCUT2D eigenvalue weighted by molar-refractivity contribution is 7.47. The lowest BCUT2D eigenvalue weighted by Gasteiger charge is -2.21. The van der Waals surface area contributed by atoms with E-state index >= 15 is 0 Å². The van der Waals surface area contributed by atoms with Crippen LogP contribution in [0.1, 0.15) is 280 Å². The van der Waals surface area contributed by atoms with E-state index in [0.29, 0.717) is 25.7 Å². The van der Waals surface area contributed by atoms with Crippen LogP contribution in [0.25, 0.3) is 0 Å². The second-order valence-corrected chi connectivity index (χ2v) is 25.2. The number of carbonyl (C=O) groups is 4. The fourth-order valence-corrected chi connectivity index (χ4v) is 10.1. The van der Waals surface area contributed by atoms with Crippen molar-refractivity contribution in [3.05, 3.63) is 0 Å². The van der Waals surface area contributed by atoms with Gasteiger partial charge in [0, 0.05) is 25.7 Å². The zero-order chi connectivity index (χ0) is 58.1. The summed E-state index contributed by atoms with van der Waals surface area (Å²) in [7, 11) is -9.87. The van der Waals surface area contributed by atoms with Gasteiger partial charge in [0.25, 0.3) is 0 Å². The average molecular weight is 1160 g/mol. The average Bonchev–Trinajstić information content (AvgIpc) is 3.40. The fourth-order valence-electron chi connectivity index (χ4n) is 8.53. The number of aliphatic hydroxyl groups excluding tert-OH is 1. The van der Waals surface area contributed by atoms with E-state index in [1.165, 1.54) is 77.0 Å². The molecule has 0 aliphatic rings. The van der Waals surface area contributed by atoms with Gasteiger partial charge in [-0.05, 0) is 43.4 Å². The maximum absolute atomic E-state index is 12.9. The van der Waals surface area contributed by atoms with Crippen LogP contribution in [0.4, 0.5) is 0 Å². The van der Waals surface area contributed by atoms with Gasteiger partial charge in [-0.1, -0.05) is 228 Å². The van der Waals surface area contributed by atoms with Crippen LogP contribution in [0.5, 0.6) is 0 Å². The predicted molar refractivity (Wildman–Crippen MR) is 308 cm³/mol. The van der Waals surface area contributed by atoms with Crippen LogP contribution < -0.4 is 0 Å². The van der Waals surface area contributed by atoms with E-state index in [1.807, 2.05) is 0 Å². The van der Waals surface area contributed by atoms with Crippen molar-refractivity contribution in [1.82, 2.24) is 0 Å². The minimum Gasteiger partial charge on any atom is -0.462 e. The summed E-state index contributed by atoms with van der Waals surface area (Å²) in [5.41, 5.74) is 0. The molecule has 0 amide bonds. The number of unbranched alkanes of at least 4 members (excludes halogenated alkanes) is 23. The molecule has 0 aromatic rings. The molecule has 78 heavy (non-hydrogen) atoms. The molecule has 0 aliphatic heterocycles. The number of esters is 4. The van der Waals surface area contributed by atoms with E-state index in [4.69, 9.17) is 37.0 Å². The highest BCUT2D eigenvalue weighted by Crippen LogP contribution is 2.45. The number of rotatable bonds is 57. The molecule has 0 radical (unpaired) electrons. The monoisotopic (exact) mass is 1160 g/mol. The Morgan fingerprint density at radius 2 is 0.654 bits per heavy atom. The standard InChI is InChI=1S/C59H114O17P2/c1-8-11-12-23-33-40-56(61)69-46-54(76-59(64)43-36-29-22-20-26-32-39-52(7)10-3)48-73-77(65,66)71-44-53(60)45-72-78(67,68)74-49-55(47-70-57(62)41-34-27-21-19-25-31-38-51(6)9-2)75-58(63)42-35-28-18-16-14-13-15-17-24-30-37-50(4)5/h50-55,60H,8-49H2,1-7H3,(H,65,66)(H,67,68)/t51?,52?,53-,54+,55+/m0/s1. The number of phosphoric ester groups is 2. The van der Waals surface area contributed by atoms with Crippen molar-refractivity contribution < 1.29 is 80.2 Å². The van der Waals surface area contributed by atoms with Crippen molar-refractivity contribution in [3.8, 4) is 0 Å². The maximum Gasteiger partial charge on any atom is 0.472 e. The van der Waals surface area contributed by atoms with Crippen LogP contribution in [0.3, 0.4) is 0 Å². The summed E-state index contributed by atoms with van der Waals surface area (Å²) in [6, 6.07) is 0. The highest BCUT2D eigenvalue weighted by Gasteiger charge is 2.30. The van der Waals surface area contributed by atoms with Crippen molar-refractivity contribution in [2.45, 2.75) is 298 Å². The molecule has 0 aliphatic carbocycles. The summed E-state index contributed by atoms with van der Waals surface area (Å²) < 4.78 is 67.6. The molecule has 0 fully saturated rings. The predicted octanol–water partition coefficient (Wildman–Crippen LogP) is 15.6. The highest BCUT2D eigenvalue weighted by atomic mass is 31.2. The molecule has 0 saturated heterocycles. The van der Waals surface area contributed by atoms with Gasteiger partial charge in [0.05, 0.1) is 26.4 Å². The molecule has 0 saturated carbocycles. The Bertz CT molecular complexity index is 1570. The number of phosphoric acid groups is 2. The van der Waals surface area contributed by atoms with Gasteiger partial charge in [0.2, 0.25) is 0 Å². The maximum atomic E-state index is 12.9. The molecule has 0 aromatic carbocycles. The lowest BCUT2D eigenvalue weighted by atomic mass is 10.00. The molecule has 4 unspecified atom stereocenters. The topological polar surface area (TPSA) is 237 Å². The number of aliphatic hydroxyl groups is 1. The summed E-state index contributed by atoms with van der Waals surface area (Å²) in [5.74, 6) is 0.0467. The Morgan fingerprint density at radius 1 is 0.372 bits per heavy atom. The lowest BCUT2D eigenvalue weighted by Crippen LogP contribution is -2.30. The normalized spacial score (nSPS) is 15.2. The molecule has 462 valence electrons. The SMILES string of the molecule is CCCCCCCC(=O)OC[C@H](COP(=O)(O)OC[C@H](O)COP(=O)(O)OC[C@@H](COC(=O)CCCCCCCCC(C)CC)OC(=O)CCCCCCCCCCCCC(C)C)OC(=O)CCCCCCCCC(C)CC. The first-order chi connectivity index (χ1) is 37.3. The van der Waals surface area contributed by atoms with Gasteiger partial charge in [-0.2, -0.15) is 0 Å². The van der Waals surface area contributed by atoms with E-state index in [1.54, 1.807) is 0 Å². The van der Waals surface area contributed by atoms with Gasteiger partial charge in [0.15, 0.2) is 12.2 Å². The minimum absolute atomic E-state index is 0.101. The first-order valence-corrected chi connectivity index (χ1v) is 33.9. The number of ether oxygens (including phenoxy) is 4. The minimum atomic E-state index is -4.94. The van der Waals surface area contributed by atoms with E-state index in [0.717, 1.165) is 120 Å². The number of carbonyl (C=O) groups excluding carboxylic acids is 4. The fraction of sp³-hybridized carbons (Fsp3) is 0.932. The van der Waals surface area contributed by atoms with E-state index in [9.17, 15) is 43.2 Å². The molecule has 0 bridgehead atoms. The van der Waals surface area contributed by atoms with Crippen LogP contribution in [-0.2, 0) is 65.4 Å². The first kappa shape index (κ1) is 76.1. The zero-order valence-corrected chi connectivity index (χ0v) is 51.9. The van der Waals surface area contributed by atoms with E-state index < -0.39 is 97.5 Å². The second-order valence-electron chi connectivity index (χ2n) is 22.3. The van der Waals surface area contributed by atoms with Gasteiger partial charge in [-0.15, -0.1) is 0 Å². The number of hydrogen-bond acceptors (Lipinski definition) is 15. The van der Waals surface area contributed by atoms with Crippen molar-refractivity contribution in [2.24, 2.45) is 17.8 Å². The summed E-state index contributed by atoms with van der Waals surface area (Å²) in [5, 5.41) is 10.5. The van der Waals surface area contributed by atoms with Gasteiger partial charge in [-0.3, -0.25) is 37.3 Å². The summed E-state index contributed by atoms with van der Waals surface area (Å²) in [6.07, 6.45) is 29.8. The van der Waals surface area contributed by atoms with Gasteiger partial charge in [-0.25, -0.2) is 9.13 Å². The molecule has 17 nitrogen and oxygen atoms in total. The summed E-state index contributed by atoms with van der Waals surface area (Å²) >= 11 is 0. The molecule has 0 spiro atoms. The Balaban J connectivity index is 5.20. The van der Waals surface area contributed by atoms with Crippen molar-refractivity contribution in [1.29, 1.82) is 0 Å². The lowest BCUT2D eigenvalue weighted by molar-refractivity contribution is -0.161. The van der Waals surface area contributed by atoms with Crippen molar-refractivity contribution in [2.75, 3.05) is 39.6 Å². The summed E-state index contributed by atoms with van der Waals surface area (Å²) in [4.78, 5) is 71.7. The molecule has 7 atom stereocenters. The Labute approximate surface area is 473 Å². The van der Waals surface area contributed by atoms with Crippen LogP contribution >= 0.6 is 15.6 Å². The zero-order valence-electron chi connectivity index (χ0n) is 50.1. The molecular weight excluding hydrogens is 1040 g/mol. The van der Waals surface area contributed by atoms with Gasteiger partial charge in [0.1, 0.15) is 19.3 Å². The smallest absolute Gasteiger partial charge is 0.462 e. The van der Waals surface area contributed by atoms with E-state index in [2.05, 4.69) is 48.5 Å². The van der Waals surface area contributed by atoms with Crippen LogP contribution in [0, 0.1) is 17.8 Å². The summed E-state index contributed by atoms with van der Waals surface area (Å²) in [6.45, 7) is 11.6. The van der Waals surface area contributed by atoms with Crippen LogP contribution in [0.15, 0.2) is 0 Å². The number of hydrogen-bond donors (Lipinski definition) is 3. The van der Waals surface area contributed by atoms with Crippen molar-refractivity contribution in [3.63, 3.8) is 0 Å². The second kappa shape index (κ2) is 50.8. The Kier molecular flexibility index (Phi) is 49.5. The molecule has 0 aromatic heterocycles. The van der Waals surface area contributed by atoms with Crippen molar-refractivity contribution >= 4 is 39.5 Å². The van der Waals surface area contributed by atoms with Gasteiger partial charge >= 0.3 is 39.5 Å². The molecule has 3 N–H and O–H groups in total. The third-order valence-electron chi connectivity index (χ3n) is 14.1. The van der Waals surface area contributed by atoms with Crippen LogP contribution in [-0.4, -0.2) is 96.7 Å². The molecule has 0 heterocycles. The quantitative estimate of drug-likeness (QED) is 0.0222. The molecular formula is C59H114O17P2. The molecule has 0 rings (SSSR count). The molecule has 19 heteroatoms. The van der Waals surface area contributed by atoms with Gasteiger partial charge < -0.3 is 33.8 Å². The largest absolute Gasteiger partial charge is 0.472 e. The first-order valence-electron chi connectivity index (χ1n) is 30.9. The Morgan fingerprint density at radius 3 is 0.974 bits per heavy atom. The third kappa shape index (κ3) is 51.0. The Hall–Kier alpha value is -1.94. The van der Waals surface area contributed by atoms with Crippen LogP contribution in [0.2, 0.25) is 0 Å². The third-order valence-corrected chi connectivity index (χ3v) is 16.0.